The first kappa shape index (κ1) is 13.3. The third-order valence-corrected chi connectivity index (χ3v) is 5.12. The van der Waals surface area contributed by atoms with Gasteiger partial charge in [0.2, 0.25) is 0 Å². The average molecular weight is 262 g/mol. The molecule has 1 saturated heterocycles. The third-order valence-electron chi connectivity index (χ3n) is 3.39. The molecular weight excluding hydrogens is 240 g/mol. The highest BCUT2D eigenvalue weighted by atomic mass is 32.2. The quantitative estimate of drug-likeness (QED) is 0.762. The lowest BCUT2D eigenvalue weighted by molar-refractivity contribution is 0.131. The predicted octanol–water partition coefficient (Wildman–Crippen LogP) is 0.609. The normalized spacial score (nSPS) is 29.2. The van der Waals surface area contributed by atoms with Crippen LogP contribution in [0.4, 0.5) is 0 Å². The third kappa shape index (κ3) is 3.64. The van der Waals surface area contributed by atoms with Crippen molar-refractivity contribution in [3.8, 4) is 0 Å². The summed E-state index contributed by atoms with van der Waals surface area (Å²) in [5.74, 6) is 0. The molecule has 0 aromatic rings. The van der Waals surface area contributed by atoms with E-state index in [-0.39, 0.29) is 12.1 Å². The van der Waals surface area contributed by atoms with E-state index in [1.807, 2.05) is 0 Å². The van der Waals surface area contributed by atoms with E-state index in [0.717, 1.165) is 32.1 Å². The lowest BCUT2D eigenvalue weighted by atomic mass is 10.00. The second-order valence-corrected chi connectivity index (χ2v) is 6.90. The van der Waals surface area contributed by atoms with Crippen molar-refractivity contribution in [3.63, 3.8) is 0 Å². The molecule has 2 N–H and O–H groups in total. The van der Waals surface area contributed by atoms with Crippen LogP contribution in [0, 0.1) is 0 Å². The Bertz CT molecular complexity index is 352. The molecule has 2 aliphatic rings. The van der Waals surface area contributed by atoms with Crippen LogP contribution < -0.4 is 4.72 Å². The van der Waals surface area contributed by atoms with Crippen molar-refractivity contribution in [2.75, 3.05) is 6.54 Å². The fourth-order valence-electron chi connectivity index (χ4n) is 2.40. The van der Waals surface area contributed by atoms with Crippen molar-refractivity contribution in [3.05, 3.63) is 0 Å². The molecule has 17 heavy (non-hydrogen) atoms. The molecule has 5 nitrogen and oxygen atoms in total. The summed E-state index contributed by atoms with van der Waals surface area (Å²) in [6, 6.07) is 0.106. The van der Waals surface area contributed by atoms with Gasteiger partial charge in [-0.05, 0) is 39.0 Å². The van der Waals surface area contributed by atoms with Crippen molar-refractivity contribution in [1.29, 1.82) is 0 Å². The molecule has 2 atom stereocenters. The average Bonchev–Trinajstić information content (AvgIpc) is 3.00. The molecule has 6 heteroatoms. The fraction of sp³-hybridized carbons (Fsp3) is 1.00. The van der Waals surface area contributed by atoms with Gasteiger partial charge in [0, 0.05) is 18.6 Å². The minimum Gasteiger partial charge on any atom is -0.393 e. The summed E-state index contributed by atoms with van der Waals surface area (Å²) >= 11 is 0. The van der Waals surface area contributed by atoms with E-state index in [0.29, 0.717) is 13.0 Å². The molecular formula is C11H22N2O3S. The molecule has 1 saturated carbocycles. The number of nitrogens with one attached hydrogen (secondary N) is 1. The Hall–Kier alpha value is -0.170. The van der Waals surface area contributed by atoms with E-state index in [4.69, 9.17) is 0 Å². The monoisotopic (exact) mass is 262 g/mol. The minimum absolute atomic E-state index is 0.0417. The van der Waals surface area contributed by atoms with Gasteiger partial charge in [0.15, 0.2) is 0 Å². The Morgan fingerprint density at radius 2 is 2.06 bits per heavy atom. The zero-order valence-electron chi connectivity index (χ0n) is 10.3. The number of hydrogen-bond donors (Lipinski definition) is 2. The van der Waals surface area contributed by atoms with Gasteiger partial charge in [-0.1, -0.05) is 6.42 Å². The molecule has 0 amide bonds. The van der Waals surface area contributed by atoms with Gasteiger partial charge in [-0.3, -0.25) is 0 Å². The zero-order valence-corrected chi connectivity index (χ0v) is 11.1. The number of rotatable bonds is 5. The van der Waals surface area contributed by atoms with Crippen molar-refractivity contribution < 1.29 is 13.5 Å². The smallest absolute Gasteiger partial charge is 0.279 e. The maximum atomic E-state index is 12.2. The maximum Gasteiger partial charge on any atom is 0.279 e. The first-order chi connectivity index (χ1) is 7.99. The van der Waals surface area contributed by atoms with Crippen LogP contribution in [-0.2, 0) is 10.2 Å². The maximum absolute atomic E-state index is 12.2. The summed E-state index contributed by atoms with van der Waals surface area (Å²) in [5, 5.41) is 9.44. The van der Waals surface area contributed by atoms with Gasteiger partial charge in [0.25, 0.3) is 10.2 Å². The first-order valence-corrected chi connectivity index (χ1v) is 7.90. The Balaban J connectivity index is 2.03. The summed E-state index contributed by atoms with van der Waals surface area (Å²) in [5.41, 5.74) is 0. The molecule has 2 unspecified atom stereocenters. The van der Waals surface area contributed by atoms with Crippen LogP contribution in [0.3, 0.4) is 0 Å². The van der Waals surface area contributed by atoms with Gasteiger partial charge in [-0.15, -0.1) is 0 Å². The van der Waals surface area contributed by atoms with Gasteiger partial charge in [-0.2, -0.15) is 17.4 Å². The van der Waals surface area contributed by atoms with E-state index >= 15 is 0 Å². The number of hydrogen-bond acceptors (Lipinski definition) is 3. The highest BCUT2D eigenvalue weighted by Gasteiger charge is 2.36. The first-order valence-electron chi connectivity index (χ1n) is 6.46. The molecule has 0 spiro atoms. The lowest BCUT2D eigenvalue weighted by Gasteiger charge is -2.35. The molecule has 0 aromatic heterocycles. The van der Waals surface area contributed by atoms with Gasteiger partial charge >= 0.3 is 0 Å². The van der Waals surface area contributed by atoms with Crippen molar-refractivity contribution in [2.24, 2.45) is 0 Å². The van der Waals surface area contributed by atoms with E-state index in [9.17, 15) is 13.5 Å². The highest BCUT2D eigenvalue weighted by Crippen LogP contribution is 2.26. The Kier molecular flexibility index (Phi) is 4.07. The summed E-state index contributed by atoms with van der Waals surface area (Å²) in [4.78, 5) is 0. The molecule has 1 heterocycles. The van der Waals surface area contributed by atoms with E-state index < -0.39 is 16.3 Å². The number of aliphatic hydroxyl groups is 1. The molecule has 1 aliphatic heterocycles. The van der Waals surface area contributed by atoms with E-state index in [1.54, 1.807) is 11.2 Å². The van der Waals surface area contributed by atoms with Gasteiger partial charge in [-0.25, -0.2) is 0 Å². The van der Waals surface area contributed by atoms with Crippen molar-refractivity contribution >= 4 is 10.2 Å². The Morgan fingerprint density at radius 3 is 2.65 bits per heavy atom. The second kappa shape index (κ2) is 5.22. The van der Waals surface area contributed by atoms with Crippen LogP contribution in [0.5, 0.6) is 0 Å². The van der Waals surface area contributed by atoms with Crippen LogP contribution in [-0.4, -0.2) is 42.6 Å². The lowest BCUT2D eigenvalue weighted by Crippen LogP contribution is -2.50. The zero-order chi connectivity index (χ0) is 12.5. The van der Waals surface area contributed by atoms with Crippen LogP contribution in [0.15, 0.2) is 0 Å². The summed E-state index contributed by atoms with van der Waals surface area (Å²) in [6.07, 6.45) is 4.82. The molecule has 2 rings (SSSR count). The van der Waals surface area contributed by atoms with Gasteiger partial charge in [0.05, 0.1) is 6.10 Å². The Morgan fingerprint density at radius 1 is 1.35 bits per heavy atom. The molecule has 0 aromatic carbocycles. The standard InChI is InChI=1S/C11H22N2O3S/c1-9(14)8-11-4-2-3-7-13(11)17(15,16)12-10-5-6-10/h9-12,14H,2-8H2,1H3. The van der Waals surface area contributed by atoms with Crippen LogP contribution in [0.1, 0.15) is 45.4 Å². The molecule has 2 fully saturated rings. The minimum atomic E-state index is -3.34. The fourth-order valence-corrected chi connectivity index (χ4v) is 4.15. The molecule has 0 radical (unpaired) electrons. The van der Waals surface area contributed by atoms with Gasteiger partial charge in [0.1, 0.15) is 0 Å². The highest BCUT2D eigenvalue weighted by molar-refractivity contribution is 7.87. The number of aliphatic hydroxyl groups excluding tert-OH is 1. The van der Waals surface area contributed by atoms with Crippen molar-refractivity contribution in [2.45, 2.75) is 63.6 Å². The number of piperidine rings is 1. The SMILES string of the molecule is CC(O)CC1CCCCN1S(=O)(=O)NC1CC1. The predicted molar refractivity (Wildman–Crippen MR) is 65.7 cm³/mol. The molecule has 0 bridgehead atoms. The summed E-state index contributed by atoms with van der Waals surface area (Å²) < 4.78 is 28.6. The van der Waals surface area contributed by atoms with E-state index in [1.165, 1.54) is 0 Å². The second-order valence-electron chi connectivity index (χ2n) is 5.24. The van der Waals surface area contributed by atoms with Crippen LogP contribution in [0.2, 0.25) is 0 Å². The van der Waals surface area contributed by atoms with Crippen molar-refractivity contribution in [1.82, 2.24) is 9.03 Å². The summed E-state index contributed by atoms with van der Waals surface area (Å²) in [6.45, 7) is 2.30. The molecule has 100 valence electrons. The Labute approximate surface area is 103 Å². The largest absolute Gasteiger partial charge is 0.393 e. The summed E-state index contributed by atoms with van der Waals surface area (Å²) in [7, 11) is -3.34. The molecule has 1 aliphatic carbocycles. The van der Waals surface area contributed by atoms with Crippen LogP contribution in [0.25, 0.3) is 0 Å². The van der Waals surface area contributed by atoms with Gasteiger partial charge < -0.3 is 5.11 Å². The number of nitrogens with zero attached hydrogens (tertiary/aromatic N) is 1. The topological polar surface area (TPSA) is 69.6 Å². The van der Waals surface area contributed by atoms with Crippen LogP contribution >= 0.6 is 0 Å². The van der Waals surface area contributed by atoms with E-state index in [2.05, 4.69) is 4.72 Å².